The Kier molecular flexibility index (Phi) is 3.10. The van der Waals surface area contributed by atoms with E-state index in [2.05, 4.69) is 0 Å². The maximum absolute atomic E-state index is 11.9. The summed E-state index contributed by atoms with van der Waals surface area (Å²) in [7, 11) is 0. The lowest BCUT2D eigenvalue weighted by molar-refractivity contribution is 0.0734. The number of hydrogen-bond donors (Lipinski definition) is 1. The maximum Gasteiger partial charge on any atom is 0.343 e. The Hall–Kier alpha value is -2.29. The summed E-state index contributed by atoms with van der Waals surface area (Å²) in [5.41, 5.74) is 7.64. The van der Waals surface area contributed by atoms with Gasteiger partial charge in [0.05, 0.1) is 5.56 Å². The lowest BCUT2D eigenvalue weighted by Gasteiger charge is -2.06. The molecule has 2 aromatic carbocycles. The Balaban J connectivity index is 2.20. The highest BCUT2D eigenvalue weighted by atomic mass is 16.5. The van der Waals surface area contributed by atoms with Crippen LogP contribution in [0.3, 0.4) is 0 Å². The van der Waals surface area contributed by atoms with Gasteiger partial charge in [0.25, 0.3) is 0 Å². The van der Waals surface area contributed by atoms with E-state index in [9.17, 15) is 4.79 Å². The van der Waals surface area contributed by atoms with Gasteiger partial charge in [0.1, 0.15) is 5.75 Å². The van der Waals surface area contributed by atoms with Crippen LogP contribution < -0.4 is 10.5 Å². The second-order valence-corrected chi connectivity index (χ2v) is 3.78. The average Bonchev–Trinajstić information content (AvgIpc) is 2.29. The van der Waals surface area contributed by atoms with Gasteiger partial charge in [-0.2, -0.15) is 0 Å². The van der Waals surface area contributed by atoms with Crippen molar-refractivity contribution < 1.29 is 9.53 Å². The van der Waals surface area contributed by atoms with Gasteiger partial charge >= 0.3 is 5.97 Å². The first kappa shape index (κ1) is 11.2. The fourth-order valence-electron chi connectivity index (χ4n) is 1.54. The number of ether oxygens (including phenoxy) is 1. The van der Waals surface area contributed by atoms with Crippen molar-refractivity contribution in [1.29, 1.82) is 0 Å². The zero-order valence-electron chi connectivity index (χ0n) is 9.51. The zero-order valence-corrected chi connectivity index (χ0v) is 9.51. The maximum atomic E-state index is 11.9. The van der Waals surface area contributed by atoms with Gasteiger partial charge in [0.2, 0.25) is 0 Å². The molecule has 0 aliphatic heterocycles. The third-order valence-electron chi connectivity index (χ3n) is 2.43. The highest BCUT2D eigenvalue weighted by Gasteiger charge is 2.10. The molecule has 86 valence electrons. The van der Waals surface area contributed by atoms with E-state index in [1.165, 1.54) is 0 Å². The molecule has 0 saturated heterocycles. The fourth-order valence-corrected chi connectivity index (χ4v) is 1.54. The van der Waals surface area contributed by atoms with Crippen LogP contribution in [0.1, 0.15) is 15.9 Å². The Bertz CT molecular complexity index is 549. The topological polar surface area (TPSA) is 52.3 Å². The summed E-state index contributed by atoms with van der Waals surface area (Å²) >= 11 is 0. The van der Waals surface area contributed by atoms with Gasteiger partial charge in [-0.1, -0.05) is 24.3 Å². The van der Waals surface area contributed by atoms with Crippen molar-refractivity contribution in [1.82, 2.24) is 0 Å². The van der Waals surface area contributed by atoms with Crippen molar-refractivity contribution in [3.8, 4) is 5.75 Å². The lowest BCUT2D eigenvalue weighted by atomic mass is 10.1. The average molecular weight is 227 g/mol. The molecule has 0 fully saturated rings. The van der Waals surface area contributed by atoms with Crippen LogP contribution in [0.4, 0.5) is 5.69 Å². The molecule has 0 amide bonds. The molecule has 2 aromatic rings. The summed E-state index contributed by atoms with van der Waals surface area (Å²) in [6.45, 7) is 1.87. The second kappa shape index (κ2) is 4.70. The molecule has 0 aliphatic rings. The summed E-state index contributed by atoms with van der Waals surface area (Å²) in [4.78, 5) is 11.9. The van der Waals surface area contributed by atoms with Crippen molar-refractivity contribution in [2.75, 3.05) is 5.73 Å². The molecule has 0 aliphatic carbocycles. The van der Waals surface area contributed by atoms with Crippen LogP contribution in [0.5, 0.6) is 5.75 Å². The molecule has 0 bridgehead atoms. The standard InChI is InChI=1S/C14H13NO2/c1-10-5-2-3-8-13(10)14(16)17-12-7-4-6-11(15)9-12/h2-9H,15H2,1H3. The van der Waals surface area contributed by atoms with Crippen LogP contribution in [0.2, 0.25) is 0 Å². The van der Waals surface area contributed by atoms with Gasteiger partial charge in [-0.15, -0.1) is 0 Å². The summed E-state index contributed by atoms with van der Waals surface area (Å²) in [5, 5.41) is 0. The summed E-state index contributed by atoms with van der Waals surface area (Å²) in [5.74, 6) is 0.0898. The predicted octanol–water partition coefficient (Wildman–Crippen LogP) is 2.80. The minimum absolute atomic E-state index is 0.367. The van der Waals surface area contributed by atoms with Gasteiger partial charge in [-0.05, 0) is 30.7 Å². The zero-order chi connectivity index (χ0) is 12.3. The largest absolute Gasteiger partial charge is 0.423 e. The third kappa shape index (κ3) is 2.64. The normalized spacial score (nSPS) is 9.94. The van der Waals surface area contributed by atoms with E-state index in [1.54, 1.807) is 30.3 Å². The Labute approximate surface area is 99.8 Å². The van der Waals surface area contributed by atoms with Crippen molar-refractivity contribution in [3.05, 3.63) is 59.7 Å². The van der Waals surface area contributed by atoms with Gasteiger partial charge in [-0.25, -0.2) is 4.79 Å². The van der Waals surface area contributed by atoms with E-state index >= 15 is 0 Å². The fraction of sp³-hybridized carbons (Fsp3) is 0.0714. The molecular formula is C14H13NO2. The van der Waals surface area contributed by atoms with Gasteiger partial charge in [-0.3, -0.25) is 0 Å². The van der Waals surface area contributed by atoms with E-state index in [0.717, 1.165) is 5.56 Å². The Morgan fingerprint density at radius 2 is 1.88 bits per heavy atom. The van der Waals surface area contributed by atoms with Crippen LogP contribution in [0.15, 0.2) is 48.5 Å². The van der Waals surface area contributed by atoms with Crippen LogP contribution in [0.25, 0.3) is 0 Å². The molecule has 3 heteroatoms. The molecule has 0 radical (unpaired) electrons. The van der Waals surface area contributed by atoms with Crippen molar-refractivity contribution in [2.24, 2.45) is 0 Å². The molecule has 0 heterocycles. The number of nitrogen functional groups attached to an aromatic ring is 1. The summed E-state index contributed by atoms with van der Waals surface area (Å²) in [6.07, 6.45) is 0. The van der Waals surface area contributed by atoms with Gasteiger partial charge < -0.3 is 10.5 Å². The Morgan fingerprint density at radius 1 is 1.12 bits per heavy atom. The molecule has 17 heavy (non-hydrogen) atoms. The monoisotopic (exact) mass is 227 g/mol. The van der Waals surface area contributed by atoms with Crippen LogP contribution in [-0.4, -0.2) is 5.97 Å². The number of benzene rings is 2. The molecule has 0 saturated carbocycles. The molecular weight excluding hydrogens is 214 g/mol. The number of hydrogen-bond acceptors (Lipinski definition) is 3. The second-order valence-electron chi connectivity index (χ2n) is 3.78. The van der Waals surface area contributed by atoms with E-state index < -0.39 is 0 Å². The summed E-state index contributed by atoms with van der Waals surface area (Å²) in [6, 6.07) is 14.1. The summed E-state index contributed by atoms with van der Waals surface area (Å²) < 4.78 is 5.24. The van der Waals surface area contributed by atoms with Gasteiger partial charge in [0.15, 0.2) is 0 Å². The molecule has 3 nitrogen and oxygen atoms in total. The molecule has 2 N–H and O–H groups in total. The first-order valence-corrected chi connectivity index (χ1v) is 5.30. The smallest absolute Gasteiger partial charge is 0.343 e. The number of esters is 1. The molecule has 2 rings (SSSR count). The van der Waals surface area contributed by atoms with Gasteiger partial charge in [0, 0.05) is 11.8 Å². The Morgan fingerprint density at radius 3 is 2.59 bits per heavy atom. The van der Waals surface area contributed by atoms with Crippen molar-refractivity contribution in [3.63, 3.8) is 0 Å². The molecule has 0 spiro atoms. The minimum Gasteiger partial charge on any atom is -0.423 e. The molecule has 0 unspecified atom stereocenters. The molecule has 0 aromatic heterocycles. The number of nitrogens with two attached hydrogens (primary N) is 1. The highest BCUT2D eigenvalue weighted by molar-refractivity contribution is 5.92. The first-order valence-electron chi connectivity index (χ1n) is 5.30. The first-order chi connectivity index (χ1) is 8.16. The van der Waals surface area contributed by atoms with E-state index in [0.29, 0.717) is 17.0 Å². The lowest BCUT2D eigenvalue weighted by Crippen LogP contribution is -2.10. The predicted molar refractivity (Wildman–Crippen MR) is 67.0 cm³/mol. The molecule has 0 atom stereocenters. The number of carbonyl (C=O) groups excluding carboxylic acids is 1. The number of rotatable bonds is 2. The quantitative estimate of drug-likeness (QED) is 0.487. The number of carbonyl (C=O) groups is 1. The van der Waals surface area contributed by atoms with Crippen molar-refractivity contribution >= 4 is 11.7 Å². The highest BCUT2D eigenvalue weighted by Crippen LogP contribution is 2.17. The third-order valence-corrected chi connectivity index (χ3v) is 2.43. The van der Waals surface area contributed by atoms with Crippen LogP contribution >= 0.6 is 0 Å². The number of anilines is 1. The minimum atomic E-state index is -0.367. The number of aryl methyl sites for hydroxylation is 1. The van der Waals surface area contributed by atoms with Crippen LogP contribution in [-0.2, 0) is 0 Å². The van der Waals surface area contributed by atoms with E-state index in [-0.39, 0.29) is 5.97 Å². The van der Waals surface area contributed by atoms with Crippen LogP contribution in [0, 0.1) is 6.92 Å². The van der Waals surface area contributed by atoms with E-state index in [4.69, 9.17) is 10.5 Å². The SMILES string of the molecule is Cc1ccccc1C(=O)Oc1cccc(N)c1. The van der Waals surface area contributed by atoms with E-state index in [1.807, 2.05) is 25.1 Å². The van der Waals surface area contributed by atoms with Crippen molar-refractivity contribution in [2.45, 2.75) is 6.92 Å².